The van der Waals surface area contributed by atoms with Crippen molar-refractivity contribution in [2.24, 2.45) is 25.8 Å². The van der Waals surface area contributed by atoms with Crippen LogP contribution in [0.2, 0.25) is 0 Å². The van der Waals surface area contributed by atoms with E-state index in [4.69, 9.17) is 0 Å². The molecule has 0 fully saturated rings. The largest absolute Gasteiger partial charge is 0.721 e. The molecule has 7 heteroatoms. The molecule has 2 aliphatic rings. The predicted octanol–water partition coefficient (Wildman–Crippen LogP) is 0.0553. The summed E-state index contributed by atoms with van der Waals surface area (Å²) in [6, 6.07) is 0. The minimum absolute atomic E-state index is 0.0648. The van der Waals surface area contributed by atoms with Gasteiger partial charge in [-0.3, -0.25) is 0 Å². The van der Waals surface area contributed by atoms with Crippen molar-refractivity contribution in [3.8, 4) is 0 Å². The topological polar surface area (TPSA) is 87.9 Å². The normalized spacial score (nSPS) is 21.1. The molecule has 0 saturated carbocycles. The smallest absolute Gasteiger partial charge is 0.376 e. The lowest BCUT2D eigenvalue weighted by Crippen LogP contribution is -2.13. The summed E-state index contributed by atoms with van der Waals surface area (Å²) >= 11 is 0. The summed E-state index contributed by atoms with van der Waals surface area (Å²) in [7, 11) is 0. The van der Waals surface area contributed by atoms with Crippen LogP contribution in [0.1, 0.15) is 0 Å². The Labute approximate surface area is 48.7 Å². The van der Waals surface area contributed by atoms with Crippen LogP contribution in [0.5, 0.6) is 0 Å². The maximum absolute atomic E-state index is 10.4. The molecule has 0 radical (unpaired) electrons. The number of hydroxylamine groups is 1. The van der Waals surface area contributed by atoms with Gasteiger partial charge in [0, 0.05) is 15.4 Å². The second-order valence-corrected chi connectivity index (χ2v) is 1.40. The number of amidine groups is 2. The molecule has 0 saturated heterocycles. The maximum atomic E-state index is 10.4. The molecule has 9 heavy (non-hydrogen) atoms. The third-order valence-corrected chi connectivity index (χ3v) is 0.881. The van der Waals surface area contributed by atoms with Crippen molar-refractivity contribution >= 4 is 11.7 Å². The van der Waals surface area contributed by atoms with Crippen molar-refractivity contribution in [1.82, 2.24) is 0 Å². The summed E-state index contributed by atoms with van der Waals surface area (Å²) in [4.78, 5) is 0.273. The first kappa shape index (κ1) is 4.24. The molecular formula is C2N6O. The molecule has 0 N–H and O–H groups in total. The van der Waals surface area contributed by atoms with Gasteiger partial charge in [-0.25, -0.2) is 0 Å². The van der Waals surface area contributed by atoms with Crippen molar-refractivity contribution in [2.75, 3.05) is 0 Å². The minimum Gasteiger partial charge on any atom is -0.721 e. The predicted molar refractivity (Wildman–Crippen MR) is 25.8 cm³/mol. The Morgan fingerprint density at radius 3 is 3.00 bits per heavy atom. The average molecular weight is 124 g/mol. The van der Waals surface area contributed by atoms with E-state index in [0.29, 0.717) is 0 Å². The van der Waals surface area contributed by atoms with Crippen LogP contribution in [-0.2, 0) is 0 Å². The molecule has 0 unspecified atom stereocenters. The van der Waals surface area contributed by atoms with E-state index < -0.39 is 0 Å². The van der Waals surface area contributed by atoms with Gasteiger partial charge in [-0.2, -0.15) is 0 Å². The fourth-order valence-corrected chi connectivity index (χ4v) is 0.510. The van der Waals surface area contributed by atoms with E-state index >= 15 is 0 Å². The molecule has 0 spiro atoms. The lowest BCUT2D eigenvalue weighted by molar-refractivity contribution is -0.401. The molecule has 0 aliphatic carbocycles. The van der Waals surface area contributed by atoms with E-state index in [1.165, 1.54) is 0 Å². The highest BCUT2D eigenvalue weighted by Crippen LogP contribution is 2.06. The van der Waals surface area contributed by atoms with E-state index in [1.54, 1.807) is 0 Å². The Balaban J connectivity index is 2.53. The first-order valence-corrected chi connectivity index (χ1v) is 2.13. The van der Waals surface area contributed by atoms with Crippen LogP contribution in [0, 0.1) is 5.21 Å². The van der Waals surface area contributed by atoms with Gasteiger partial charge in [-0.05, 0) is 0 Å². The molecule has 0 amide bonds. The fourth-order valence-electron chi connectivity index (χ4n) is 0.510. The van der Waals surface area contributed by atoms with E-state index in [1.807, 2.05) is 0 Å². The quantitative estimate of drug-likeness (QED) is 0.331. The van der Waals surface area contributed by atoms with Crippen LogP contribution in [0.25, 0.3) is 0 Å². The summed E-state index contributed by atoms with van der Waals surface area (Å²) in [6.45, 7) is 0. The zero-order valence-electron chi connectivity index (χ0n) is 4.09. The molecule has 0 aromatic rings. The Bertz CT molecular complexity index is 271. The monoisotopic (exact) mass is 124 g/mol. The Kier molecular flexibility index (Phi) is 0.560. The minimum atomic E-state index is 0.0648. The number of hydrogen-bond acceptors (Lipinski definition) is 6. The molecule has 0 aromatic heterocycles. The molecule has 0 bridgehead atoms. The summed E-state index contributed by atoms with van der Waals surface area (Å²) < 4.78 is 0. The third-order valence-electron chi connectivity index (χ3n) is 0.881. The van der Waals surface area contributed by atoms with Crippen LogP contribution in [-0.4, -0.2) is 16.5 Å². The highest BCUT2D eigenvalue weighted by atomic mass is 16.5. The Morgan fingerprint density at radius 1 is 1.33 bits per heavy atom. The molecule has 2 aliphatic heterocycles. The summed E-state index contributed by atoms with van der Waals surface area (Å²) in [5, 5.41) is 26.8. The van der Waals surface area contributed by atoms with E-state index in [0.717, 1.165) is 0 Å². The van der Waals surface area contributed by atoms with E-state index in [2.05, 4.69) is 25.8 Å². The van der Waals surface area contributed by atoms with Gasteiger partial charge in [-0.15, -0.1) is 4.86 Å². The summed E-state index contributed by atoms with van der Waals surface area (Å²) in [5.41, 5.74) is 0. The Morgan fingerprint density at radius 2 is 2.22 bits per heavy atom. The highest BCUT2D eigenvalue weighted by molar-refractivity contribution is 6.38. The summed E-state index contributed by atoms with van der Waals surface area (Å²) in [5.74, 6) is 0.250. The molecule has 2 rings (SSSR count). The zero-order valence-corrected chi connectivity index (χ0v) is 4.09. The van der Waals surface area contributed by atoms with Gasteiger partial charge < -0.3 is 5.21 Å². The van der Waals surface area contributed by atoms with Gasteiger partial charge in [0.05, 0.1) is 5.22 Å². The Hall–Kier alpha value is -1.66. The van der Waals surface area contributed by atoms with E-state index in [9.17, 15) is 5.21 Å². The first-order valence-electron chi connectivity index (χ1n) is 2.13. The highest BCUT2D eigenvalue weighted by Gasteiger charge is 2.30. The molecule has 7 nitrogen and oxygen atoms in total. The molecule has 0 atom stereocenters. The van der Waals surface area contributed by atoms with Crippen molar-refractivity contribution in [2.45, 2.75) is 0 Å². The van der Waals surface area contributed by atoms with Crippen LogP contribution in [0.3, 0.4) is 0 Å². The van der Waals surface area contributed by atoms with Crippen LogP contribution < -0.4 is 0 Å². The van der Waals surface area contributed by atoms with Gasteiger partial charge in [-0.1, -0.05) is 5.11 Å². The third kappa shape index (κ3) is 0.397. The second-order valence-electron chi connectivity index (χ2n) is 1.40. The second kappa shape index (κ2) is 1.19. The van der Waals surface area contributed by atoms with Crippen molar-refractivity contribution < 1.29 is 4.86 Å². The van der Waals surface area contributed by atoms with Crippen molar-refractivity contribution in [3.05, 3.63) is 5.21 Å². The number of hydrogen-bond donors (Lipinski definition) is 0. The van der Waals surface area contributed by atoms with Crippen LogP contribution in [0.4, 0.5) is 0 Å². The van der Waals surface area contributed by atoms with Gasteiger partial charge in [0.1, 0.15) is 0 Å². The van der Waals surface area contributed by atoms with Crippen LogP contribution >= 0.6 is 0 Å². The molecule has 0 aromatic carbocycles. The average Bonchev–Trinajstić information content (AvgIpc) is 2.35. The lowest BCUT2D eigenvalue weighted by Gasteiger charge is -1.92. The zero-order chi connectivity index (χ0) is 6.27. The molecule has 2 heterocycles. The fraction of sp³-hybridized carbons (Fsp3) is 0. The summed E-state index contributed by atoms with van der Waals surface area (Å²) in [6.07, 6.45) is 0. The van der Waals surface area contributed by atoms with Gasteiger partial charge in [0.25, 0.3) is 0 Å². The van der Waals surface area contributed by atoms with Gasteiger partial charge in [0.15, 0.2) is 0 Å². The molecular weight excluding hydrogens is 124 g/mol. The van der Waals surface area contributed by atoms with Crippen molar-refractivity contribution in [3.63, 3.8) is 0 Å². The number of rotatable bonds is 0. The number of nitrogens with zero attached hydrogens (tertiary/aromatic N) is 6. The van der Waals surface area contributed by atoms with Crippen molar-refractivity contribution in [1.29, 1.82) is 0 Å². The lowest BCUT2D eigenvalue weighted by atomic mass is 10.6. The van der Waals surface area contributed by atoms with Crippen LogP contribution in [0.15, 0.2) is 25.8 Å². The van der Waals surface area contributed by atoms with Gasteiger partial charge in [0.2, 0.25) is 0 Å². The SMILES string of the molecule is [O-][N+]1=NN=C2N=NN=C21. The number of fused-ring (bicyclic) bond motifs is 1. The first-order chi connectivity index (χ1) is 4.38. The maximum Gasteiger partial charge on any atom is 0.376 e. The molecule has 44 valence electrons. The van der Waals surface area contributed by atoms with E-state index in [-0.39, 0.29) is 16.5 Å². The standard InChI is InChI=1S/C2N6O/c9-8-2-1(4-7-8)3-6-5-2. The van der Waals surface area contributed by atoms with Gasteiger partial charge >= 0.3 is 11.7 Å².